The largest absolute Gasteiger partial charge is 0.302 e. The van der Waals surface area contributed by atoms with Gasteiger partial charge in [0.05, 0.1) is 10.2 Å². The minimum atomic E-state index is 0.0817. The number of aryl methyl sites for hydroxylation is 1. The molecule has 1 N–H and O–H groups in total. The molecule has 2 rings (SSSR count). The molecule has 1 aromatic carbocycles. The van der Waals surface area contributed by atoms with E-state index in [-0.39, 0.29) is 11.8 Å². The van der Waals surface area contributed by atoms with Crippen LogP contribution in [-0.4, -0.2) is 10.9 Å². The summed E-state index contributed by atoms with van der Waals surface area (Å²) in [5.74, 6) is 0.165. The molecule has 0 fully saturated rings. The molecule has 0 saturated heterocycles. The summed E-state index contributed by atoms with van der Waals surface area (Å²) >= 11 is 1.55. The summed E-state index contributed by atoms with van der Waals surface area (Å²) in [5, 5.41) is 3.65. The maximum Gasteiger partial charge on any atom is 0.229 e. The monoisotopic (exact) mass is 276 g/mol. The molecule has 0 spiro atoms. The van der Waals surface area contributed by atoms with Gasteiger partial charge in [-0.15, -0.1) is 0 Å². The van der Waals surface area contributed by atoms with E-state index < -0.39 is 0 Å². The molecule has 0 radical (unpaired) electrons. The first-order chi connectivity index (χ1) is 9.17. The number of fused-ring (bicyclic) bond motifs is 1. The van der Waals surface area contributed by atoms with Gasteiger partial charge in [0.15, 0.2) is 5.13 Å². The van der Waals surface area contributed by atoms with E-state index in [9.17, 15) is 4.79 Å². The number of nitrogens with zero attached hydrogens (tertiary/aromatic N) is 1. The first kappa shape index (κ1) is 14.0. The fraction of sp³-hybridized carbons (Fsp3) is 0.467. The topological polar surface area (TPSA) is 42.0 Å². The lowest BCUT2D eigenvalue weighted by atomic mass is 10.0. The summed E-state index contributed by atoms with van der Waals surface area (Å²) in [4.78, 5) is 16.5. The second kappa shape index (κ2) is 6.15. The minimum Gasteiger partial charge on any atom is -0.302 e. The Hall–Kier alpha value is -1.42. The number of nitrogens with one attached hydrogen (secondary N) is 1. The van der Waals surface area contributed by atoms with E-state index in [1.807, 2.05) is 19.9 Å². The van der Waals surface area contributed by atoms with Gasteiger partial charge in [-0.1, -0.05) is 38.2 Å². The summed E-state index contributed by atoms with van der Waals surface area (Å²) < 4.78 is 1.14. The molecule has 0 saturated carbocycles. The SMILES string of the molecule is CCc1ccc2nc(NC(=O)C(CC)CC)sc2c1. The Labute approximate surface area is 118 Å². The highest BCUT2D eigenvalue weighted by atomic mass is 32.1. The van der Waals surface area contributed by atoms with E-state index in [0.29, 0.717) is 5.13 Å². The van der Waals surface area contributed by atoms with E-state index in [4.69, 9.17) is 0 Å². The average Bonchev–Trinajstić information content (AvgIpc) is 2.80. The van der Waals surface area contributed by atoms with Crippen LogP contribution in [0.2, 0.25) is 0 Å². The van der Waals surface area contributed by atoms with Gasteiger partial charge in [0.25, 0.3) is 0 Å². The van der Waals surface area contributed by atoms with Gasteiger partial charge in [0.1, 0.15) is 0 Å². The van der Waals surface area contributed by atoms with E-state index in [2.05, 4.69) is 29.4 Å². The summed E-state index contributed by atoms with van der Waals surface area (Å²) in [6.07, 6.45) is 2.75. The van der Waals surface area contributed by atoms with Crippen molar-refractivity contribution in [3.63, 3.8) is 0 Å². The standard InChI is InChI=1S/C15H20N2OS/c1-4-10-7-8-12-13(9-10)19-15(16-12)17-14(18)11(5-2)6-3/h7-9,11H,4-6H2,1-3H3,(H,16,17,18). The highest BCUT2D eigenvalue weighted by Gasteiger charge is 2.15. The number of benzene rings is 1. The summed E-state index contributed by atoms with van der Waals surface area (Å²) in [6, 6.07) is 6.27. The van der Waals surface area contributed by atoms with Gasteiger partial charge in [0, 0.05) is 5.92 Å². The van der Waals surface area contributed by atoms with Crippen LogP contribution in [0, 0.1) is 5.92 Å². The average molecular weight is 276 g/mol. The summed E-state index contributed by atoms with van der Waals surface area (Å²) in [6.45, 7) is 6.22. The van der Waals surface area contributed by atoms with Crippen LogP contribution in [0.25, 0.3) is 10.2 Å². The minimum absolute atomic E-state index is 0.0817. The van der Waals surface area contributed by atoms with Crippen LogP contribution in [-0.2, 0) is 11.2 Å². The van der Waals surface area contributed by atoms with E-state index in [0.717, 1.165) is 29.5 Å². The van der Waals surface area contributed by atoms with Crippen LogP contribution < -0.4 is 5.32 Å². The van der Waals surface area contributed by atoms with E-state index >= 15 is 0 Å². The zero-order chi connectivity index (χ0) is 13.8. The third-order valence-electron chi connectivity index (χ3n) is 3.45. The third-order valence-corrected chi connectivity index (χ3v) is 4.38. The van der Waals surface area contributed by atoms with Gasteiger partial charge in [-0.25, -0.2) is 4.98 Å². The maximum absolute atomic E-state index is 12.0. The number of thiazole rings is 1. The lowest BCUT2D eigenvalue weighted by Gasteiger charge is -2.10. The number of carbonyl (C=O) groups excluding carboxylic acids is 1. The molecule has 0 aliphatic heterocycles. The third kappa shape index (κ3) is 3.13. The quantitative estimate of drug-likeness (QED) is 0.887. The lowest BCUT2D eigenvalue weighted by Crippen LogP contribution is -2.21. The van der Waals surface area contributed by atoms with Crippen LogP contribution in [0.5, 0.6) is 0 Å². The van der Waals surface area contributed by atoms with Gasteiger partial charge < -0.3 is 5.32 Å². The Morgan fingerprint density at radius 2 is 2.05 bits per heavy atom. The summed E-state index contributed by atoms with van der Waals surface area (Å²) in [5.41, 5.74) is 2.26. The lowest BCUT2D eigenvalue weighted by molar-refractivity contribution is -0.120. The zero-order valence-corrected chi connectivity index (χ0v) is 12.5. The Bertz CT molecular complexity index is 573. The molecule has 2 aromatic rings. The van der Waals surface area contributed by atoms with Crippen molar-refractivity contribution >= 4 is 32.6 Å². The number of anilines is 1. The van der Waals surface area contributed by atoms with Crippen LogP contribution >= 0.6 is 11.3 Å². The van der Waals surface area contributed by atoms with Crippen LogP contribution in [0.3, 0.4) is 0 Å². The van der Waals surface area contributed by atoms with E-state index in [1.54, 1.807) is 11.3 Å². The van der Waals surface area contributed by atoms with Crippen molar-refractivity contribution in [1.82, 2.24) is 4.98 Å². The van der Waals surface area contributed by atoms with Crippen LogP contribution in [0.1, 0.15) is 39.2 Å². The highest BCUT2D eigenvalue weighted by molar-refractivity contribution is 7.22. The zero-order valence-electron chi connectivity index (χ0n) is 11.7. The Morgan fingerprint density at radius 1 is 1.32 bits per heavy atom. The van der Waals surface area contributed by atoms with Crippen molar-refractivity contribution in [2.75, 3.05) is 5.32 Å². The molecule has 4 heteroatoms. The number of carbonyl (C=O) groups is 1. The second-order valence-corrected chi connectivity index (χ2v) is 5.71. The number of rotatable bonds is 5. The molecule has 1 amide bonds. The number of hydrogen-bond acceptors (Lipinski definition) is 3. The Kier molecular flexibility index (Phi) is 4.53. The fourth-order valence-corrected chi connectivity index (χ4v) is 3.04. The first-order valence-electron chi connectivity index (χ1n) is 6.88. The predicted octanol–water partition coefficient (Wildman–Crippen LogP) is 4.23. The van der Waals surface area contributed by atoms with E-state index in [1.165, 1.54) is 5.56 Å². The van der Waals surface area contributed by atoms with Gasteiger partial charge >= 0.3 is 0 Å². The molecule has 0 atom stereocenters. The molecule has 0 bridgehead atoms. The molecule has 1 heterocycles. The van der Waals surface area contributed by atoms with Crippen molar-refractivity contribution in [2.45, 2.75) is 40.0 Å². The Balaban J connectivity index is 2.19. The first-order valence-corrected chi connectivity index (χ1v) is 7.69. The smallest absolute Gasteiger partial charge is 0.229 e. The van der Waals surface area contributed by atoms with Gasteiger partial charge in [-0.3, -0.25) is 4.79 Å². The Morgan fingerprint density at radius 3 is 2.68 bits per heavy atom. The number of amides is 1. The molecular weight excluding hydrogens is 256 g/mol. The van der Waals surface area contributed by atoms with Crippen molar-refractivity contribution < 1.29 is 4.79 Å². The molecular formula is C15H20N2OS. The number of aromatic nitrogens is 1. The van der Waals surface area contributed by atoms with Crippen LogP contribution in [0.4, 0.5) is 5.13 Å². The number of hydrogen-bond donors (Lipinski definition) is 1. The van der Waals surface area contributed by atoms with Crippen LogP contribution in [0.15, 0.2) is 18.2 Å². The molecule has 0 unspecified atom stereocenters. The van der Waals surface area contributed by atoms with Crippen molar-refractivity contribution in [2.24, 2.45) is 5.92 Å². The maximum atomic E-state index is 12.0. The molecule has 0 aliphatic rings. The molecule has 19 heavy (non-hydrogen) atoms. The molecule has 1 aromatic heterocycles. The van der Waals surface area contributed by atoms with Crippen molar-refractivity contribution in [3.05, 3.63) is 23.8 Å². The van der Waals surface area contributed by atoms with Crippen molar-refractivity contribution in [1.29, 1.82) is 0 Å². The fourth-order valence-electron chi connectivity index (χ4n) is 2.11. The molecule has 3 nitrogen and oxygen atoms in total. The van der Waals surface area contributed by atoms with Gasteiger partial charge in [-0.05, 0) is 37.0 Å². The summed E-state index contributed by atoms with van der Waals surface area (Å²) in [7, 11) is 0. The normalized spacial score (nSPS) is 11.2. The molecule has 102 valence electrons. The highest BCUT2D eigenvalue weighted by Crippen LogP contribution is 2.27. The second-order valence-electron chi connectivity index (χ2n) is 4.68. The van der Waals surface area contributed by atoms with Gasteiger partial charge in [0.2, 0.25) is 5.91 Å². The predicted molar refractivity (Wildman–Crippen MR) is 81.7 cm³/mol. The molecule has 0 aliphatic carbocycles. The van der Waals surface area contributed by atoms with Crippen molar-refractivity contribution in [3.8, 4) is 0 Å². The van der Waals surface area contributed by atoms with Gasteiger partial charge in [-0.2, -0.15) is 0 Å².